The first-order valence-electron chi connectivity index (χ1n) is 5.89. The van der Waals surface area contributed by atoms with E-state index >= 15 is 0 Å². The second kappa shape index (κ2) is 4.46. The molecule has 3 rings (SSSR count). The lowest BCUT2D eigenvalue weighted by Crippen LogP contribution is -2.21. The van der Waals surface area contributed by atoms with E-state index < -0.39 is 17.7 Å². The van der Waals surface area contributed by atoms with Crippen LogP contribution in [0.15, 0.2) is 42.5 Å². The van der Waals surface area contributed by atoms with Crippen LogP contribution in [0.1, 0.15) is 28.4 Å². The molecule has 1 unspecified atom stereocenters. The molecule has 1 aliphatic rings. The molecule has 1 atom stereocenters. The Morgan fingerprint density at radius 2 is 1.89 bits per heavy atom. The van der Waals surface area contributed by atoms with Crippen LogP contribution in [0.2, 0.25) is 0 Å². The van der Waals surface area contributed by atoms with Crippen LogP contribution in [0.5, 0.6) is 5.75 Å². The number of benzene rings is 2. The maximum atomic E-state index is 13.7. The Morgan fingerprint density at radius 3 is 2.68 bits per heavy atom. The zero-order chi connectivity index (χ0) is 13.4. The summed E-state index contributed by atoms with van der Waals surface area (Å²) in [5, 5.41) is 0. The zero-order valence-electron chi connectivity index (χ0n) is 9.90. The molecule has 4 heteroatoms. The van der Waals surface area contributed by atoms with Gasteiger partial charge in [0.2, 0.25) is 0 Å². The Morgan fingerprint density at radius 1 is 1.11 bits per heavy atom. The maximum Gasteiger partial charge on any atom is 0.170 e. The van der Waals surface area contributed by atoms with Gasteiger partial charge >= 0.3 is 0 Å². The molecule has 1 heterocycles. The minimum atomic E-state index is -0.660. The smallest absolute Gasteiger partial charge is 0.170 e. The molecule has 0 saturated carbocycles. The summed E-state index contributed by atoms with van der Waals surface area (Å²) in [5.41, 5.74) is 0.554. The van der Waals surface area contributed by atoms with Crippen LogP contribution < -0.4 is 4.74 Å². The summed E-state index contributed by atoms with van der Waals surface area (Å²) in [6, 6.07) is 9.94. The van der Waals surface area contributed by atoms with Gasteiger partial charge in [-0.15, -0.1) is 0 Å². The second-order valence-electron chi connectivity index (χ2n) is 4.40. The van der Waals surface area contributed by atoms with E-state index in [0.717, 1.165) is 6.07 Å². The molecule has 0 aromatic heterocycles. The first kappa shape index (κ1) is 11.8. The molecule has 2 aromatic carbocycles. The van der Waals surface area contributed by atoms with E-state index in [1.165, 1.54) is 18.2 Å². The minimum Gasteiger partial charge on any atom is -0.484 e. The summed E-state index contributed by atoms with van der Waals surface area (Å²) in [6.45, 7) is 0. The fraction of sp³-hybridized carbons (Fsp3) is 0.133. The number of fused-ring (bicyclic) bond motifs is 1. The van der Waals surface area contributed by atoms with E-state index in [9.17, 15) is 13.6 Å². The van der Waals surface area contributed by atoms with Crippen LogP contribution in [0, 0.1) is 11.6 Å². The van der Waals surface area contributed by atoms with Crippen LogP contribution in [-0.2, 0) is 0 Å². The first-order chi connectivity index (χ1) is 9.15. The largest absolute Gasteiger partial charge is 0.484 e. The van der Waals surface area contributed by atoms with Crippen molar-refractivity contribution in [2.45, 2.75) is 12.5 Å². The number of hydrogen-bond acceptors (Lipinski definition) is 2. The summed E-state index contributed by atoms with van der Waals surface area (Å²) in [5.74, 6) is -0.842. The Kier molecular flexibility index (Phi) is 2.78. The first-order valence-corrected chi connectivity index (χ1v) is 5.89. The molecule has 2 aromatic rings. The zero-order valence-corrected chi connectivity index (χ0v) is 9.90. The third-order valence-corrected chi connectivity index (χ3v) is 3.13. The van der Waals surface area contributed by atoms with Crippen molar-refractivity contribution in [1.29, 1.82) is 0 Å². The molecule has 1 aliphatic heterocycles. The lowest BCUT2D eigenvalue weighted by molar-refractivity contribution is 0.0845. The van der Waals surface area contributed by atoms with Gasteiger partial charge in [0, 0.05) is 5.56 Å². The van der Waals surface area contributed by atoms with Gasteiger partial charge in [0.15, 0.2) is 5.78 Å². The minimum absolute atomic E-state index is 0.0113. The van der Waals surface area contributed by atoms with Crippen LogP contribution >= 0.6 is 0 Å². The molecule has 0 saturated heterocycles. The molecule has 0 aliphatic carbocycles. The Labute approximate surface area is 108 Å². The number of hydrogen-bond donors (Lipinski definition) is 0. The van der Waals surface area contributed by atoms with Gasteiger partial charge in [-0.1, -0.05) is 18.2 Å². The second-order valence-corrected chi connectivity index (χ2v) is 4.40. The van der Waals surface area contributed by atoms with Crippen molar-refractivity contribution < 1.29 is 18.3 Å². The topological polar surface area (TPSA) is 26.3 Å². The molecule has 0 radical (unpaired) electrons. The highest BCUT2D eigenvalue weighted by atomic mass is 19.1. The third-order valence-electron chi connectivity index (χ3n) is 3.13. The SMILES string of the molecule is O=C1CC(c2ccccc2F)Oc2ccc(F)cc21. The third kappa shape index (κ3) is 2.10. The maximum absolute atomic E-state index is 13.7. The predicted molar refractivity (Wildman–Crippen MR) is 65.1 cm³/mol. The molecule has 0 spiro atoms. The van der Waals surface area contributed by atoms with E-state index in [1.807, 2.05) is 0 Å². The van der Waals surface area contributed by atoms with Crippen molar-refractivity contribution in [2.24, 2.45) is 0 Å². The van der Waals surface area contributed by atoms with Crippen LogP contribution in [-0.4, -0.2) is 5.78 Å². The van der Waals surface area contributed by atoms with Crippen molar-refractivity contribution in [3.05, 3.63) is 65.2 Å². The van der Waals surface area contributed by atoms with Gasteiger partial charge in [-0.25, -0.2) is 8.78 Å². The number of rotatable bonds is 1. The standard InChI is InChI=1S/C15H10F2O2/c16-9-5-6-14-11(7-9)13(18)8-15(19-14)10-3-1-2-4-12(10)17/h1-7,15H,8H2. The van der Waals surface area contributed by atoms with Gasteiger partial charge in [-0.3, -0.25) is 4.79 Å². The van der Waals surface area contributed by atoms with E-state index in [0.29, 0.717) is 11.3 Å². The average molecular weight is 260 g/mol. The highest BCUT2D eigenvalue weighted by Crippen LogP contribution is 2.35. The molecule has 0 N–H and O–H groups in total. The molecule has 0 amide bonds. The highest BCUT2D eigenvalue weighted by molar-refractivity contribution is 6.00. The lowest BCUT2D eigenvalue weighted by atomic mass is 9.96. The quantitative estimate of drug-likeness (QED) is 0.782. The summed E-state index contributed by atoms with van der Waals surface area (Å²) in [7, 11) is 0. The monoisotopic (exact) mass is 260 g/mol. The predicted octanol–water partition coefficient (Wildman–Crippen LogP) is 3.67. The van der Waals surface area contributed by atoms with Crippen LogP contribution in [0.25, 0.3) is 0 Å². The van der Waals surface area contributed by atoms with E-state index in [1.54, 1.807) is 18.2 Å². The number of carbonyl (C=O) groups excluding carboxylic acids is 1. The highest BCUT2D eigenvalue weighted by Gasteiger charge is 2.29. The van der Waals surface area contributed by atoms with Crippen molar-refractivity contribution in [1.82, 2.24) is 0 Å². The van der Waals surface area contributed by atoms with Gasteiger partial charge in [0.25, 0.3) is 0 Å². The Bertz CT molecular complexity index is 652. The molecule has 96 valence electrons. The molecule has 19 heavy (non-hydrogen) atoms. The van der Waals surface area contributed by atoms with E-state index in [4.69, 9.17) is 4.74 Å². The number of ketones is 1. The molecular formula is C15H10F2O2. The van der Waals surface area contributed by atoms with Crippen molar-refractivity contribution in [3.8, 4) is 5.75 Å². The summed E-state index contributed by atoms with van der Waals surface area (Å²) in [4.78, 5) is 12.0. The number of halogens is 2. The lowest BCUT2D eigenvalue weighted by Gasteiger charge is -2.25. The van der Waals surface area contributed by atoms with Crippen molar-refractivity contribution in [2.75, 3.05) is 0 Å². The van der Waals surface area contributed by atoms with Crippen molar-refractivity contribution >= 4 is 5.78 Å². The summed E-state index contributed by atoms with van der Waals surface area (Å²) in [6.07, 6.45) is -0.649. The number of ether oxygens (including phenoxy) is 1. The number of Topliss-reactive ketones (excluding diaryl/α,β-unsaturated/α-hetero) is 1. The van der Waals surface area contributed by atoms with Gasteiger partial charge in [-0.05, 0) is 24.3 Å². The molecule has 0 fully saturated rings. The van der Waals surface area contributed by atoms with Crippen molar-refractivity contribution in [3.63, 3.8) is 0 Å². The Hall–Kier alpha value is -2.23. The van der Waals surface area contributed by atoms with Crippen LogP contribution in [0.3, 0.4) is 0 Å². The Balaban J connectivity index is 2.00. The fourth-order valence-corrected chi connectivity index (χ4v) is 2.21. The van der Waals surface area contributed by atoms with E-state index in [-0.39, 0.29) is 17.8 Å². The van der Waals surface area contributed by atoms with Gasteiger partial charge in [-0.2, -0.15) is 0 Å². The average Bonchev–Trinajstić information content (AvgIpc) is 2.40. The van der Waals surface area contributed by atoms with Crippen LogP contribution in [0.4, 0.5) is 8.78 Å². The normalized spacial score (nSPS) is 17.8. The van der Waals surface area contributed by atoms with E-state index in [2.05, 4.69) is 0 Å². The molecular weight excluding hydrogens is 250 g/mol. The van der Waals surface area contributed by atoms with Gasteiger partial charge < -0.3 is 4.74 Å². The fourth-order valence-electron chi connectivity index (χ4n) is 2.21. The van der Waals surface area contributed by atoms with Gasteiger partial charge in [0.1, 0.15) is 23.5 Å². The van der Waals surface area contributed by atoms with Gasteiger partial charge in [0.05, 0.1) is 12.0 Å². The molecule has 2 nitrogen and oxygen atoms in total. The summed E-state index contributed by atoms with van der Waals surface area (Å²) < 4.78 is 32.4. The summed E-state index contributed by atoms with van der Waals surface area (Å²) >= 11 is 0. The number of carbonyl (C=O) groups is 1. The molecule has 0 bridgehead atoms.